The van der Waals surface area contributed by atoms with E-state index in [0.717, 1.165) is 0 Å². The van der Waals surface area contributed by atoms with Crippen LogP contribution < -0.4 is 15.0 Å². The van der Waals surface area contributed by atoms with E-state index in [-0.39, 0.29) is 30.5 Å². The third-order valence-electron chi connectivity index (χ3n) is 4.43. The molecule has 0 spiro atoms. The van der Waals surface area contributed by atoms with Crippen molar-refractivity contribution in [2.45, 2.75) is 32.7 Å². The predicted molar refractivity (Wildman–Crippen MR) is 101 cm³/mol. The number of hydrogen-bond acceptors (Lipinski definition) is 5. The van der Waals surface area contributed by atoms with Crippen molar-refractivity contribution < 1.29 is 23.9 Å². The standard InChI is InChI=1S/C19H27N3O5/c1-4-27-19(25)21-10-8-15(9-11-21)20-18(24)13-22(14(2)23)16-6-5-7-17(12-16)26-3/h5-7,12,15H,4,8-11,13H2,1-3H3,(H,20,24). The maximum Gasteiger partial charge on any atom is 0.409 e. The number of methoxy groups -OCH3 is 1. The fourth-order valence-corrected chi connectivity index (χ4v) is 3.00. The van der Waals surface area contributed by atoms with Crippen LogP contribution in [-0.4, -0.2) is 62.2 Å². The van der Waals surface area contributed by atoms with Gasteiger partial charge in [-0.15, -0.1) is 0 Å². The summed E-state index contributed by atoms with van der Waals surface area (Å²) in [5.74, 6) is 0.156. The van der Waals surface area contributed by atoms with Gasteiger partial charge in [0.25, 0.3) is 0 Å². The van der Waals surface area contributed by atoms with Gasteiger partial charge in [-0.3, -0.25) is 9.59 Å². The minimum Gasteiger partial charge on any atom is -0.497 e. The van der Waals surface area contributed by atoms with E-state index in [1.165, 1.54) is 11.8 Å². The molecule has 0 aromatic heterocycles. The highest BCUT2D eigenvalue weighted by Crippen LogP contribution is 2.21. The zero-order valence-electron chi connectivity index (χ0n) is 16.1. The van der Waals surface area contributed by atoms with Gasteiger partial charge in [0.05, 0.1) is 13.7 Å². The van der Waals surface area contributed by atoms with Crippen LogP contribution in [0.5, 0.6) is 5.75 Å². The van der Waals surface area contributed by atoms with Gasteiger partial charge in [0.15, 0.2) is 0 Å². The molecular weight excluding hydrogens is 350 g/mol. The normalized spacial score (nSPS) is 14.4. The van der Waals surface area contributed by atoms with Crippen LogP contribution in [0.3, 0.4) is 0 Å². The first-order valence-corrected chi connectivity index (χ1v) is 9.07. The molecule has 27 heavy (non-hydrogen) atoms. The van der Waals surface area contributed by atoms with E-state index in [0.29, 0.717) is 44.0 Å². The number of piperidine rings is 1. The molecule has 1 N–H and O–H groups in total. The first-order chi connectivity index (χ1) is 12.9. The molecule has 0 bridgehead atoms. The molecule has 3 amide bonds. The Bertz CT molecular complexity index is 671. The number of nitrogens with zero attached hydrogens (tertiary/aromatic N) is 2. The zero-order valence-corrected chi connectivity index (χ0v) is 16.1. The molecule has 1 heterocycles. The molecule has 0 radical (unpaired) electrons. The number of anilines is 1. The summed E-state index contributed by atoms with van der Waals surface area (Å²) in [6.45, 7) is 4.55. The van der Waals surface area contributed by atoms with E-state index >= 15 is 0 Å². The lowest BCUT2D eigenvalue weighted by atomic mass is 10.1. The maximum absolute atomic E-state index is 12.4. The molecule has 1 aliphatic heterocycles. The third kappa shape index (κ3) is 5.87. The zero-order chi connectivity index (χ0) is 19.8. The average Bonchev–Trinajstić information content (AvgIpc) is 2.66. The minimum absolute atomic E-state index is 0.0257. The SMILES string of the molecule is CCOC(=O)N1CCC(NC(=O)CN(C(C)=O)c2cccc(OC)c2)CC1. The molecule has 1 aromatic carbocycles. The molecule has 1 fully saturated rings. The van der Waals surface area contributed by atoms with E-state index < -0.39 is 0 Å². The monoisotopic (exact) mass is 377 g/mol. The van der Waals surface area contributed by atoms with Gasteiger partial charge in [0.1, 0.15) is 12.3 Å². The minimum atomic E-state index is -0.317. The number of amides is 3. The Hall–Kier alpha value is -2.77. The number of hydrogen-bond donors (Lipinski definition) is 1. The van der Waals surface area contributed by atoms with Crippen LogP contribution in [0.1, 0.15) is 26.7 Å². The van der Waals surface area contributed by atoms with Crippen LogP contribution in [0.2, 0.25) is 0 Å². The lowest BCUT2D eigenvalue weighted by Gasteiger charge is -2.32. The molecule has 1 aliphatic rings. The highest BCUT2D eigenvalue weighted by atomic mass is 16.6. The van der Waals surface area contributed by atoms with Crippen molar-refractivity contribution in [3.8, 4) is 5.75 Å². The van der Waals surface area contributed by atoms with Gasteiger partial charge >= 0.3 is 6.09 Å². The summed E-state index contributed by atoms with van der Waals surface area (Å²) in [7, 11) is 1.55. The lowest BCUT2D eigenvalue weighted by Crippen LogP contribution is -2.49. The smallest absolute Gasteiger partial charge is 0.409 e. The Balaban J connectivity index is 1.90. The molecule has 2 rings (SSSR count). The van der Waals surface area contributed by atoms with E-state index in [9.17, 15) is 14.4 Å². The van der Waals surface area contributed by atoms with Crippen LogP contribution in [0.15, 0.2) is 24.3 Å². The Kier molecular flexibility index (Phi) is 7.45. The maximum atomic E-state index is 12.4. The second-order valence-electron chi connectivity index (χ2n) is 6.33. The third-order valence-corrected chi connectivity index (χ3v) is 4.43. The molecule has 8 nitrogen and oxygen atoms in total. The van der Waals surface area contributed by atoms with Crippen LogP contribution >= 0.6 is 0 Å². The number of carbonyl (C=O) groups excluding carboxylic acids is 3. The second-order valence-corrected chi connectivity index (χ2v) is 6.33. The number of rotatable bonds is 6. The Labute approximate surface area is 159 Å². The van der Waals surface area contributed by atoms with Gasteiger partial charge in [0.2, 0.25) is 11.8 Å². The van der Waals surface area contributed by atoms with Gasteiger partial charge in [-0.25, -0.2) is 4.79 Å². The Morgan fingerprint density at radius 2 is 1.96 bits per heavy atom. The van der Waals surface area contributed by atoms with Crippen LogP contribution in [0, 0.1) is 0 Å². The second kappa shape index (κ2) is 9.80. The van der Waals surface area contributed by atoms with E-state index in [1.807, 2.05) is 0 Å². The molecule has 1 saturated heterocycles. The summed E-state index contributed by atoms with van der Waals surface area (Å²) in [5.41, 5.74) is 0.606. The molecule has 0 unspecified atom stereocenters. The molecular formula is C19H27N3O5. The molecule has 0 aliphatic carbocycles. The highest BCUT2D eigenvalue weighted by Gasteiger charge is 2.25. The number of nitrogens with one attached hydrogen (secondary N) is 1. The molecule has 8 heteroatoms. The van der Waals surface area contributed by atoms with Crippen molar-refractivity contribution in [1.82, 2.24) is 10.2 Å². The summed E-state index contributed by atoms with van der Waals surface area (Å²) < 4.78 is 10.2. The molecule has 148 valence electrons. The summed E-state index contributed by atoms with van der Waals surface area (Å²) in [5, 5.41) is 2.95. The van der Waals surface area contributed by atoms with Crippen molar-refractivity contribution in [2.75, 3.05) is 38.3 Å². The van der Waals surface area contributed by atoms with E-state index in [4.69, 9.17) is 9.47 Å². The predicted octanol–water partition coefficient (Wildman–Crippen LogP) is 1.79. The first kappa shape index (κ1) is 20.5. The first-order valence-electron chi connectivity index (χ1n) is 9.07. The quantitative estimate of drug-likeness (QED) is 0.816. The molecule has 0 atom stereocenters. The van der Waals surface area contributed by atoms with Crippen LogP contribution in [-0.2, 0) is 14.3 Å². The number of ether oxygens (including phenoxy) is 2. The van der Waals surface area contributed by atoms with Gasteiger partial charge in [-0.05, 0) is 31.9 Å². The van der Waals surface area contributed by atoms with Crippen molar-refractivity contribution in [2.24, 2.45) is 0 Å². The van der Waals surface area contributed by atoms with Crippen molar-refractivity contribution >= 4 is 23.6 Å². The van der Waals surface area contributed by atoms with Crippen LogP contribution in [0.4, 0.5) is 10.5 Å². The fraction of sp³-hybridized carbons (Fsp3) is 0.526. The van der Waals surface area contributed by atoms with Crippen molar-refractivity contribution in [1.29, 1.82) is 0 Å². The summed E-state index contributed by atoms with van der Waals surface area (Å²) in [6, 6.07) is 7.00. The van der Waals surface area contributed by atoms with Gasteiger partial charge in [-0.1, -0.05) is 6.07 Å². The Morgan fingerprint density at radius 1 is 1.26 bits per heavy atom. The van der Waals surface area contributed by atoms with Gasteiger partial charge in [-0.2, -0.15) is 0 Å². The van der Waals surface area contributed by atoms with Crippen molar-refractivity contribution in [3.63, 3.8) is 0 Å². The average molecular weight is 377 g/mol. The topological polar surface area (TPSA) is 88.2 Å². The number of carbonyl (C=O) groups is 3. The highest BCUT2D eigenvalue weighted by molar-refractivity contribution is 5.97. The number of likely N-dealkylation sites (tertiary alicyclic amines) is 1. The van der Waals surface area contributed by atoms with Gasteiger partial charge < -0.3 is 24.6 Å². The number of benzene rings is 1. The Morgan fingerprint density at radius 3 is 2.56 bits per heavy atom. The fourth-order valence-electron chi connectivity index (χ4n) is 3.00. The summed E-state index contributed by atoms with van der Waals surface area (Å²) in [4.78, 5) is 39.2. The summed E-state index contributed by atoms with van der Waals surface area (Å²) in [6.07, 6.45) is 0.996. The van der Waals surface area contributed by atoms with Gasteiger partial charge in [0, 0.05) is 37.8 Å². The van der Waals surface area contributed by atoms with E-state index in [1.54, 1.807) is 43.2 Å². The van der Waals surface area contributed by atoms with E-state index in [2.05, 4.69) is 5.32 Å². The van der Waals surface area contributed by atoms with Crippen molar-refractivity contribution in [3.05, 3.63) is 24.3 Å². The molecule has 0 saturated carbocycles. The lowest BCUT2D eigenvalue weighted by molar-refractivity contribution is -0.123. The summed E-state index contributed by atoms with van der Waals surface area (Å²) >= 11 is 0. The van der Waals surface area contributed by atoms with Crippen LogP contribution in [0.25, 0.3) is 0 Å². The largest absolute Gasteiger partial charge is 0.497 e. The molecule has 1 aromatic rings.